The monoisotopic (exact) mass is 420 g/mol. The van der Waals surface area contributed by atoms with Crippen LogP contribution in [0.1, 0.15) is 20.7 Å². The van der Waals surface area contributed by atoms with Crippen LogP contribution in [0.15, 0.2) is 84.9 Å². The Morgan fingerprint density at radius 1 is 0.562 bits per heavy atom. The van der Waals surface area contributed by atoms with Gasteiger partial charge in [0.2, 0.25) is 0 Å². The summed E-state index contributed by atoms with van der Waals surface area (Å²) in [4.78, 5) is 26.3. The van der Waals surface area contributed by atoms with Crippen molar-refractivity contribution in [1.29, 1.82) is 0 Å². The van der Waals surface area contributed by atoms with Crippen molar-refractivity contribution in [3.8, 4) is 11.1 Å². The highest BCUT2D eigenvalue weighted by Gasteiger charge is 2.28. The van der Waals surface area contributed by atoms with Gasteiger partial charge in [-0.25, -0.2) is 9.59 Å². The molecule has 0 aliphatic carbocycles. The van der Waals surface area contributed by atoms with Crippen LogP contribution in [0.25, 0.3) is 43.4 Å². The van der Waals surface area contributed by atoms with E-state index >= 15 is 0 Å². The molecule has 0 atom stereocenters. The summed E-state index contributed by atoms with van der Waals surface area (Å²) in [5.41, 5.74) is 1.87. The molecule has 4 heteroatoms. The molecule has 0 spiro atoms. The molecule has 5 aromatic rings. The summed E-state index contributed by atoms with van der Waals surface area (Å²) in [5.74, 6) is -1.16. The first-order valence-corrected chi connectivity index (χ1v) is 10.3. The minimum atomic E-state index is -0.580. The van der Waals surface area contributed by atoms with Gasteiger partial charge in [-0.1, -0.05) is 78.9 Å². The van der Waals surface area contributed by atoms with Crippen molar-refractivity contribution in [2.75, 3.05) is 14.2 Å². The SMILES string of the molecule is COC(=O)c1c(-c2ccccc2)cc2c3ccccc3c3ccccc3c2c1C(=O)OC. The molecule has 0 saturated heterocycles. The maximum Gasteiger partial charge on any atom is 0.339 e. The van der Waals surface area contributed by atoms with Gasteiger partial charge in [0.25, 0.3) is 0 Å². The van der Waals surface area contributed by atoms with Crippen LogP contribution in [0.2, 0.25) is 0 Å². The largest absolute Gasteiger partial charge is 0.465 e. The first-order valence-electron chi connectivity index (χ1n) is 10.3. The predicted molar refractivity (Wildman–Crippen MR) is 127 cm³/mol. The number of carbonyl (C=O) groups excluding carboxylic acids is 2. The second-order valence-corrected chi connectivity index (χ2v) is 7.54. The number of fused-ring (bicyclic) bond motifs is 6. The molecule has 0 saturated carbocycles. The molecule has 0 unspecified atom stereocenters. The molecule has 32 heavy (non-hydrogen) atoms. The van der Waals surface area contributed by atoms with E-state index in [9.17, 15) is 9.59 Å². The van der Waals surface area contributed by atoms with Crippen LogP contribution in [-0.4, -0.2) is 26.2 Å². The highest BCUT2D eigenvalue weighted by molar-refractivity contribution is 6.31. The van der Waals surface area contributed by atoms with Gasteiger partial charge in [-0.05, 0) is 44.1 Å². The Balaban J connectivity index is 2.12. The number of rotatable bonds is 3. The highest BCUT2D eigenvalue weighted by atomic mass is 16.5. The van der Waals surface area contributed by atoms with Crippen LogP contribution in [0.5, 0.6) is 0 Å². The fourth-order valence-corrected chi connectivity index (χ4v) is 4.53. The second kappa shape index (κ2) is 7.82. The van der Waals surface area contributed by atoms with Gasteiger partial charge in [-0.15, -0.1) is 0 Å². The van der Waals surface area contributed by atoms with Crippen LogP contribution in [0.3, 0.4) is 0 Å². The van der Waals surface area contributed by atoms with Crippen molar-refractivity contribution < 1.29 is 19.1 Å². The van der Waals surface area contributed by atoms with E-state index in [2.05, 4.69) is 6.07 Å². The van der Waals surface area contributed by atoms with E-state index in [1.165, 1.54) is 14.2 Å². The Morgan fingerprint density at radius 3 is 1.62 bits per heavy atom. The van der Waals surface area contributed by atoms with Gasteiger partial charge >= 0.3 is 11.9 Å². The predicted octanol–water partition coefficient (Wildman–Crippen LogP) is 6.39. The lowest BCUT2D eigenvalue weighted by Crippen LogP contribution is -2.14. The minimum absolute atomic E-state index is 0.207. The van der Waals surface area contributed by atoms with Gasteiger partial charge < -0.3 is 9.47 Å². The first-order chi connectivity index (χ1) is 15.7. The molecule has 0 aromatic heterocycles. The zero-order chi connectivity index (χ0) is 22.2. The standard InChI is InChI=1S/C28H20O4/c1-31-27(29)25-22(17-10-4-3-5-11-17)16-23-20-14-7-6-12-18(20)19-13-8-9-15-21(19)24(23)26(25)28(30)32-2/h3-16H,1-2H3. The number of carbonyl (C=O) groups is 2. The number of ether oxygens (including phenoxy) is 2. The van der Waals surface area contributed by atoms with Crippen molar-refractivity contribution in [1.82, 2.24) is 0 Å². The number of hydrogen-bond acceptors (Lipinski definition) is 4. The number of benzene rings is 5. The normalized spacial score (nSPS) is 11.1. The summed E-state index contributed by atoms with van der Waals surface area (Å²) < 4.78 is 10.3. The van der Waals surface area contributed by atoms with Crippen LogP contribution in [0.4, 0.5) is 0 Å². The lowest BCUT2D eigenvalue weighted by atomic mass is 9.85. The molecule has 0 fully saturated rings. The first kappa shape index (κ1) is 19.8. The molecule has 0 bridgehead atoms. The molecule has 0 amide bonds. The van der Waals surface area contributed by atoms with Gasteiger partial charge in [0.05, 0.1) is 25.3 Å². The topological polar surface area (TPSA) is 52.6 Å². The van der Waals surface area contributed by atoms with Crippen molar-refractivity contribution in [2.45, 2.75) is 0 Å². The second-order valence-electron chi connectivity index (χ2n) is 7.54. The smallest absolute Gasteiger partial charge is 0.339 e. The summed E-state index contributed by atoms with van der Waals surface area (Å²) in [6, 6.07) is 27.5. The number of hydrogen-bond donors (Lipinski definition) is 0. The zero-order valence-electron chi connectivity index (χ0n) is 17.7. The molecular formula is C28H20O4. The molecule has 4 nitrogen and oxygen atoms in total. The van der Waals surface area contributed by atoms with Crippen LogP contribution >= 0.6 is 0 Å². The van der Waals surface area contributed by atoms with Gasteiger partial charge in [0.15, 0.2) is 0 Å². The van der Waals surface area contributed by atoms with Gasteiger partial charge in [-0.3, -0.25) is 0 Å². The summed E-state index contributed by atoms with van der Waals surface area (Å²) in [6.07, 6.45) is 0. The van der Waals surface area contributed by atoms with E-state index in [0.29, 0.717) is 10.9 Å². The lowest BCUT2D eigenvalue weighted by Gasteiger charge is -2.19. The van der Waals surface area contributed by atoms with E-state index in [4.69, 9.17) is 9.47 Å². The Morgan fingerprint density at radius 2 is 1.03 bits per heavy atom. The molecule has 5 aromatic carbocycles. The maximum absolute atomic E-state index is 13.2. The molecule has 0 heterocycles. The third kappa shape index (κ3) is 2.92. The minimum Gasteiger partial charge on any atom is -0.465 e. The maximum atomic E-state index is 13.2. The molecule has 5 rings (SSSR count). The van der Waals surface area contributed by atoms with Gasteiger partial charge in [0, 0.05) is 5.39 Å². The van der Waals surface area contributed by atoms with Crippen molar-refractivity contribution in [3.63, 3.8) is 0 Å². The molecule has 0 radical (unpaired) electrons. The highest BCUT2D eigenvalue weighted by Crippen LogP contribution is 2.41. The van der Waals surface area contributed by atoms with E-state index in [1.807, 2.05) is 78.9 Å². The molecule has 0 aliphatic heterocycles. The average Bonchev–Trinajstić information content (AvgIpc) is 2.87. The van der Waals surface area contributed by atoms with Crippen molar-refractivity contribution in [3.05, 3.63) is 96.1 Å². The fourth-order valence-electron chi connectivity index (χ4n) is 4.53. The summed E-state index contributed by atoms with van der Waals surface area (Å²) in [5, 5.41) is 5.53. The Labute approximate surface area is 185 Å². The molecule has 156 valence electrons. The Kier molecular flexibility index (Phi) is 4.83. The third-order valence-electron chi connectivity index (χ3n) is 5.89. The van der Waals surface area contributed by atoms with E-state index in [0.717, 1.165) is 32.5 Å². The van der Waals surface area contributed by atoms with Crippen LogP contribution in [0, 0.1) is 0 Å². The van der Waals surface area contributed by atoms with E-state index < -0.39 is 11.9 Å². The van der Waals surface area contributed by atoms with Crippen LogP contribution < -0.4 is 0 Å². The molecule has 0 aliphatic rings. The third-order valence-corrected chi connectivity index (χ3v) is 5.89. The summed E-state index contributed by atoms with van der Waals surface area (Å²) in [7, 11) is 2.65. The zero-order valence-corrected chi connectivity index (χ0v) is 17.7. The van der Waals surface area contributed by atoms with E-state index in [1.54, 1.807) is 0 Å². The van der Waals surface area contributed by atoms with Crippen molar-refractivity contribution >= 4 is 44.3 Å². The molecular weight excluding hydrogens is 400 g/mol. The van der Waals surface area contributed by atoms with Gasteiger partial charge in [0.1, 0.15) is 0 Å². The summed E-state index contributed by atoms with van der Waals surface area (Å²) >= 11 is 0. The van der Waals surface area contributed by atoms with Gasteiger partial charge in [-0.2, -0.15) is 0 Å². The quantitative estimate of drug-likeness (QED) is 0.251. The average molecular weight is 420 g/mol. The lowest BCUT2D eigenvalue weighted by molar-refractivity contribution is 0.0558. The summed E-state index contributed by atoms with van der Waals surface area (Å²) in [6.45, 7) is 0. The number of esters is 2. The Hall–Kier alpha value is -4.18. The van der Waals surface area contributed by atoms with Crippen LogP contribution in [-0.2, 0) is 9.47 Å². The van der Waals surface area contributed by atoms with E-state index in [-0.39, 0.29) is 11.1 Å². The van der Waals surface area contributed by atoms with Crippen molar-refractivity contribution in [2.24, 2.45) is 0 Å². The molecule has 0 N–H and O–H groups in total. The Bertz CT molecular complexity index is 1520. The fraction of sp³-hybridized carbons (Fsp3) is 0.0714. The number of methoxy groups -OCH3 is 2.